The first-order valence-electron chi connectivity index (χ1n) is 5.37. The minimum atomic E-state index is -0.676. The number of hydrogen-bond donors (Lipinski definition) is 0. The number of nitriles is 1. The van der Waals surface area contributed by atoms with E-state index in [2.05, 4.69) is 0 Å². The molecule has 0 radical (unpaired) electrons. The molecular formula is C14H8ClF2NO. The van der Waals surface area contributed by atoms with Gasteiger partial charge in [-0.15, -0.1) is 0 Å². The maximum Gasteiger partial charge on any atom is 0.138 e. The lowest BCUT2D eigenvalue weighted by atomic mass is 10.2. The van der Waals surface area contributed by atoms with Gasteiger partial charge in [0, 0.05) is 0 Å². The third kappa shape index (κ3) is 3.01. The molecule has 0 fully saturated rings. The van der Waals surface area contributed by atoms with Gasteiger partial charge in [-0.3, -0.25) is 0 Å². The first-order chi connectivity index (χ1) is 9.11. The predicted octanol–water partition coefficient (Wildman–Crippen LogP) is 4.07. The van der Waals surface area contributed by atoms with Crippen molar-refractivity contribution >= 4 is 11.6 Å². The number of ether oxygens (including phenoxy) is 1. The largest absolute Gasteiger partial charge is 0.487 e. The first-order valence-corrected chi connectivity index (χ1v) is 5.75. The van der Waals surface area contributed by atoms with E-state index in [1.165, 1.54) is 24.3 Å². The summed E-state index contributed by atoms with van der Waals surface area (Å²) >= 11 is 5.89. The van der Waals surface area contributed by atoms with E-state index < -0.39 is 11.6 Å². The Morgan fingerprint density at radius 3 is 2.42 bits per heavy atom. The Kier molecular flexibility index (Phi) is 3.98. The monoisotopic (exact) mass is 279 g/mol. The molecule has 0 amide bonds. The molecular weight excluding hydrogens is 272 g/mol. The van der Waals surface area contributed by atoms with Crippen LogP contribution in [-0.4, -0.2) is 0 Å². The summed E-state index contributed by atoms with van der Waals surface area (Å²) in [6.45, 7) is -0.274. The molecule has 0 saturated carbocycles. The third-order valence-corrected chi connectivity index (χ3v) is 2.79. The minimum Gasteiger partial charge on any atom is -0.487 e. The van der Waals surface area contributed by atoms with E-state index in [0.29, 0.717) is 5.56 Å². The van der Waals surface area contributed by atoms with E-state index in [1.54, 1.807) is 0 Å². The van der Waals surface area contributed by atoms with Crippen molar-refractivity contribution < 1.29 is 13.5 Å². The molecule has 0 spiro atoms. The Morgan fingerprint density at radius 1 is 1.16 bits per heavy atom. The highest BCUT2D eigenvalue weighted by molar-refractivity contribution is 6.32. The fourth-order valence-corrected chi connectivity index (χ4v) is 1.74. The van der Waals surface area contributed by atoms with Crippen molar-refractivity contribution in [1.29, 1.82) is 5.26 Å². The lowest BCUT2D eigenvalue weighted by Gasteiger charge is -2.09. The summed E-state index contributed by atoms with van der Waals surface area (Å²) in [5.41, 5.74) is 0.220. The van der Waals surface area contributed by atoms with Crippen LogP contribution in [0.15, 0.2) is 36.4 Å². The zero-order chi connectivity index (χ0) is 13.8. The number of benzene rings is 2. The summed E-state index contributed by atoms with van der Waals surface area (Å²) in [4.78, 5) is 0. The van der Waals surface area contributed by atoms with E-state index in [9.17, 15) is 8.78 Å². The third-order valence-electron chi connectivity index (χ3n) is 2.49. The minimum absolute atomic E-state index is 0.164. The Bertz CT molecular complexity index is 632. The van der Waals surface area contributed by atoms with E-state index in [-0.39, 0.29) is 22.9 Å². The van der Waals surface area contributed by atoms with Gasteiger partial charge >= 0.3 is 0 Å². The van der Waals surface area contributed by atoms with Crippen molar-refractivity contribution in [2.24, 2.45) is 0 Å². The van der Waals surface area contributed by atoms with Crippen molar-refractivity contribution in [1.82, 2.24) is 0 Å². The first kappa shape index (κ1) is 13.3. The van der Waals surface area contributed by atoms with Crippen molar-refractivity contribution in [3.8, 4) is 11.8 Å². The van der Waals surface area contributed by atoms with Crippen LogP contribution in [0.1, 0.15) is 11.1 Å². The van der Waals surface area contributed by atoms with E-state index in [1.807, 2.05) is 6.07 Å². The molecule has 0 bridgehead atoms. The van der Waals surface area contributed by atoms with Crippen LogP contribution in [0, 0.1) is 23.0 Å². The van der Waals surface area contributed by atoms with Crippen LogP contribution < -0.4 is 4.74 Å². The van der Waals surface area contributed by atoms with Crippen molar-refractivity contribution in [3.05, 3.63) is 64.2 Å². The van der Waals surface area contributed by atoms with Gasteiger partial charge in [0.25, 0.3) is 0 Å². The number of rotatable bonds is 3. The molecule has 2 aromatic carbocycles. The fraction of sp³-hybridized carbons (Fsp3) is 0.0714. The Morgan fingerprint density at radius 2 is 1.84 bits per heavy atom. The summed E-state index contributed by atoms with van der Waals surface area (Å²) < 4.78 is 32.0. The summed E-state index contributed by atoms with van der Waals surface area (Å²) in [7, 11) is 0. The van der Waals surface area contributed by atoms with Gasteiger partial charge in [-0.2, -0.15) is 5.26 Å². The van der Waals surface area contributed by atoms with Gasteiger partial charge in [-0.1, -0.05) is 17.7 Å². The lowest BCUT2D eigenvalue weighted by Crippen LogP contribution is -2.02. The van der Waals surface area contributed by atoms with Gasteiger partial charge < -0.3 is 4.74 Å². The molecule has 2 aromatic rings. The second-order valence-corrected chi connectivity index (χ2v) is 4.15. The molecule has 0 heterocycles. The highest BCUT2D eigenvalue weighted by Crippen LogP contribution is 2.26. The molecule has 0 aliphatic heterocycles. The van der Waals surface area contributed by atoms with Crippen LogP contribution in [0.3, 0.4) is 0 Å². The average Bonchev–Trinajstić information content (AvgIpc) is 2.39. The second kappa shape index (κ2) is 5.68. The van der Waals surface area contributed by atoms with Gasteiger partial charge in [0.15, 0.2) is 0 Å². The van der Waals surface area contributed by atoms with Gasteiger partial charge in [0.2, 0.25) is 0 Å². The van der Waals surface area contributed by atoms with Gasteiger partial charge in [0.1, 0.15) is 24.0 Å². The normalized spacial score (nSPS) is 10.0. The van der Waals surface area contributed by atoms with E-state index in [4.69, 9.17) is 21.6 Å². The summed E-state index contributed by atoms with van der Waals surface area (Å²) in [5.74, 6) is -1.09. The molecule has 0 N–H and O–H groups in total. The van der Waals surface area contributed by atoms with Crippen LogP contribution in [0.5, 0.6) is 5.75 Å². The second-order valence-electron chi connectivity index (χ2n) is 3.75. The number of hydrogen-bond acceptors (Lipinski definition) is 2. The molecule has 0 unspecified atom stereocenters. The Labute approximate surface area is 113 Å². The quantitative estimate of drug-likeness (QED) is 0.848. The molecule has 0 aromatic heterocycles. The van der Waals surface area contributed by atoms with Crippen LogP contribution in [0.2, 0.25) is 5.02 Å². The predicted molar refractivity (Wildman–Crippen MR) is 66.9 cm³/mol. The number of nitrogens with zero attached hydrogens (tertiary/aromatic N) is 1. The molecule has 0 aliphatic rings. The summed E-state index contributed by atoms with van der Waals surface area (Å²) in [5, 5.41) is 8.90. The molecule has 2 rings (SSSR count). The Balaban J connectivity index is 2.17. The topological polar surface area (TPSA) is 33.0 Å². The fourth-order valence-electron chi connectivity index (χ4n) is 1.51. The molecule has 5 heteroatoms. The maximum atomic E-state index is 13.4. The van der Waals surface area contributed by atoms with Crippen molar-refractivity contribution in [2.45, 2.75) is 6.61 Å². The van der Waals surface area contributed by atoms with Crippen LogP contribution in [0.4, 0.5) is 8.78 Å². The molecule has 0 saturated heterocycles. The van der Waals surface area contributed by atoms with E-state index >= 15 is 0 Å². The molecule has 96 valence electrons. The number of halogens is 3. The molecule has 0 atom stereocenters. The highest BCUT2D eigenvalue weighted by Gasteiger charge is 2.10. The van der Waals surface area contributed by atoms with Crippen molar-refractivity contribution in [3.63, 3.8) is 0 Å². The standard InChI is InChI=1S/C14H8ClF2NO/c15-11-6-9(7-18)4-5-14(11)19-8-10-12(16)2-1-3-13(10)17/h1-6H,8H2. The lowest BCUT2D eigenvalue weighted by molar-refractivity contribution is 0.292. The maximum absolute atomic E-state index is 13.4. The SMILES string of the molecule is N#Cc1ccc(OCc2c(F)cccc2F)c(Cl)c1. The van der Waals surface area contributed by atoms with Gasteiger partial charge in [0.05, 0.1) is 22.2 Å². The molecule has 19 heavy (non-hydrogen) atoms. The van der Waals surface area contributed by atoms with Crippen LogP contribution >= 0.6 is 11.6 Å². The van der Waals surface area contributed by atoms with Gasteiger partial charge in [-0.05, 0) is 30.3 Å². The van der Waals surface area contributed by atoms with Crippen molar-refractivity contribution in [2.75, 3.05) is 0 Å². The summed E-state index contributed by atoms with van der Waals surface area (Å²) in [6, 6.07) is 9.94. The smallest absolute Gasteiger partial charge is 0.138 e. The zero-order valence-corrected chi connectivity index (χ0v) is 10.4. The summed E-state index contributed by atoms with van der Waals surface area (Å²) in [6.07, 6.45) is 0. The van der Waals surface area contributed by atoms with Gasteiger partial charge in [-0.25, -0.2) is 8.78 Å². The highest BCUT2D eigenvalue weighted by atomic mass is 35.5. The Hall–Kier alpha value is -2.12. The molecule has 0 aliphatic carbocycles. The van der Waals surface area contributed by atoms with Crippen LogP contribution in [-0.2, 0) is 6.61 Å². The van der Waals surface area contributed by atoms with E-state index in [0.717, 1.165) is 12.1 Å². The zero-order valence-electron chi connectivity index (χ0n) is 9.66. The van der Waals surface area contributed by atoms with Crippen LogP contribution in [0.25, 0.3) is 0 Å². The molecule has 2 nitrogen and oxygen atoms in total. The average molecular weight is 280 g/mol.